The second kappa shape index (κ2) is 6.87. The van der Waals surface area contributed by atoms with Crippen LogP contribution in [-0.2, 0) is 0 Å². The zero-order valence-electron chi connectivity index (χ0n) is 11.4. The highest BCUT2D eigenvalue weighted by atomic mass is 35.5. The van der Waals surface area contributed by atoms with Gasteiger partial charge in [-0.15, -0.1) is 0 Å². The van der Waals surface area contributed by atoms with Gasteiger partial charge in [0.1, 0.15) is 5.02 Å². The third-order valence-electron chi connectivity index (χ3n) is 3.98. The molecule has 114 valence electrons. The lowest BCUT2D eigenvalue weighted by Crippen LogP contribution is -2.31. The Morgan fingerprint density at radius 1 is 1.43 bits per heavy atom. The van der Waals surface area contributed by atoms with Crippen LogP contribution in [0.25, 0.3) is 0 Å². The van der Waals surface area contributed by atoms with E-state index in [-0.39, 0.29) is 35.1 Å². The van der Waals surface area contributed by atoms with E-state index in [1.165, 1.54) is 18.2 Å². The van der Waals surface area contributed by atoms with Crippen molar-refractivity contribution < 1.29 is 14.8 Å². The fourth-order valence-electron chi connectivity index (χ4n) is 2.74. The highest BCUT2D eigenvalue weighted by molar-refractivity contribution is 6.33. The van der Waals surface area contributed by atoms with Gasteiger partial charge >= 0.3 is 0 Å². The summed E-state index contributed by atoms with van der Waals surface area (Å²) in [5, 5.41) is 22.7. The Bertz CT molecular complexity index is 550. The van der Waals surface area contributed by atoms with E-state index >= 15 is 0 Å². The molecule has 6 nitrogen and oxygen atoms in total. The average molecular weight is 313 g/mol. The molecule has 21 heavy (non-hydrogen) atoms. The summed E-state index contributed by atoms with van der Waals surface area (Å²) in [5.41, 5.74) is 0.0773. The average Bonchev–Trinajstić information content (AvgIpc) is 2.91. The Kier molecular flexibility index (Phi) is 5.14. The highest BCUT2D eigenvalue weighted by Crippen LogP contribution is 2.30. The van der Waals surface area contributed by atoms with Gasteiger partial charge in [0.25, 0.3) is 11.6 Å². The van der Waals surface area contributed by atoms with Crippen molar-refractivity contribution in [1.29, 1.82) is 0 Å². The molecule has 1 aromatic carbocycles. The first-order chi connectivity index (χ1) is 10.0. The zero-order chi connectivity index (χ0) is 15.4. The molecule has 1 aliphatic rings. The van der Waals surface area contributed by atoms with Crippen LogP contribution in [0.5, 0.6) is 0 Å². The summed E-state index contributed by atoms with van der Waals surface area (Å²) >= 11 is 5.79. The first-order valence-corrected chi connectivity index (χ1v) is 7.23. The predicted octanol–water partition coefficient (Wildman–Crippen LogP) is 2.39. The Morgan fingerprint density at radius 2 is 2.14 bits per heavy atom. The van der Waals surface area contributed by atoms with Gasteiger partial charge in [0.15, 0.2) is 0 Å². The van der Waals surface area contributed by atoms with E-state index in [2.05, 4.69) is 5.32 Å². The number of amides is 1. The van der Waals surface area contributed by atoms with Crippen LogP contribution >= 0.6 is 11.6 Å². The molecule has 0 aromatic heterocycles. The fourth-order valence-corrected chi connectivity index (χ4v) is 2.99. The van der Waals surface area contributed by atoms with Crippen LogP contribution in [0.3, 0.4) is 0 Å². The molecule has 1 aliphatic carbocycles. The number of hydrogen-bond acceptors (Lipinski definition) is 4. The number of benzene rings is 1. The van der Waals surface area contributed by atoms with Crippen molar-refractivity contribution in [1.82, 2.24) is 5.32 Å². The summed E-state index contributed by atoms with van der Waals surface area (Å²) in [6.07, 6.45) is 3.04. The van der Waals surface area contributed by atoms with Crippen LogP contribution in [0.2, 0.25) is 5.02 Å². The van der Waals surface area contributed by atoms with Crippen LogP contribution in [-0.4, -0.2) is 29.1 Å². The lowest BCUT2D eigenvalue weighted by Gasteiger charge is -2.17. The maximum atomic E-state index is 12.0. The van der Waals surface area contributed by atoms with Crippen molar-refractivity contribution in [2.45, 2.75) is 19.3 Å². The minimum absolute atomic E-state index is 0.0539. The molecular weight excluding hydrogens is 296 g/mol. The van der Waals surface area contributed by atoms with E-state index in [1.54, 1.807) is 0 Å². The molecule has 2 unspecified atom stereocenters. The zero-order valence-corrected chi connectivity index (χ0v) is 12.2. The van der Waals surface area contributed by atoms with E-state index in [1.807, 2.05) is 0 Å². The van der Waals surface area contributed by atoms with Gasteiger partial charge in [0.05, 0.1) is 4.92 Å². The van der Waals surface area contributed by atoms with Gasteiger partial charge in [-0.2, -0.15) is 0 Å². The molecule has 7 heteroatoms. The molecule has 0 heterocycles. The summed E-state index contributed by atoms with van der Waals surface area (Å²) in [7, 11) is 0. The number of rotatable bonds is 5. The number of hydrogen-bond donors (Lipinski definition) is 2. The molecule has 0 radical (unpaired) electrons. The highest BCUT2D eigenvalue weighted by Gasteiger charge is 2.27. The number of halogens is 1. The molecule has 2 atom stereocenters. The van der Waals surface area contributed by atoms with Crippen LogP contribution in [0.15, 0.2) is 18.2 Å². The third kappa shape index (κ3) is 3.71. The maximum absolute atomic E-state index is 12.0. The number of carbonyl (C=O) groups is 1. The molecule has 1 aromatic rings. The number of nitro benzene ring substituents is 1. The molecule has 1 saturated carbocycles. The van der Waals surface area contributed by atoms with Crippen LogP contribution in [0.4, 0.5) is 5.69 Å². The molecule has 1 fully saturated rings. The molecule has 0 spiro atoms. The largest absolute Gasteiger partial charge is 0.396 e. The van der Waals surface area contributed by atoms with Crippen molar-refractivity contribution in [3.63, 3.8) is 0 Å². The van der Waals surface area contributed by atoms with Crippen molar-refractivity contribution in [3.8, 4) is 0 Å². The van der Waals surface area contributed by atoms with Crippen LogP contribution in [0, 0.1) is 22.0 Å². The van der Waals surface area contributed by atoms with Gasteiger partial charge in [-0.1, -0.05) is 18.0 Å². The van der Waals surface area contributed by atoms with Gasteiger partial charge in [0, 0.05) is 24.8 Å². The minimum atomic E-state index is -0.589. The molecular formula is C14H17ClN2O4. The molecule has 2 rings (SSSR count). The molecule has 0 saturated heterocycles. The Balaban J connectivity index is 1.97. The van der Waals surface area contributed by atoms with E-state index in [9.17, 15) is 20.0 Å². The monoisotopic (exact) mass is 312 g/mol. The molecule has 0 aliphatic heterocycles. The Morgan fingerprint density at radius 3 is 2.76 bits per heavy atom. The summed E-state index contributed by atoms with van der Waals surface area (Å²) < 4.78 is 0. The lowest BCUT2D eigenvalue weighted by atomic mass is 9.97. The number of nitrogens with zero attached hydrogens (tertiary/aromatic N) is 1. The SMILES string of the molecule is O=C(NCC1CCCC1CO)c1ccc([N+](=O)[O-])c(Cl)c1. The third-order valence-corrected chi connectivity index (χ3v) is 4.29. The molecule has 1 amide bonds. The Hall–Kier alpha value is -1.66. The number of nitrogens with one attached hydrogen (secondary N) is 1. The van der Waals surface area contributed by atoms with Crippen LogP contribution < -0.4 is 5.32 Å². The van der Waals surface area contributed by atoms with E-state index < -0.39 is 4.92 Å². The topological polar surface area (TPSA) is 92.5 Å². The number of nitro groups is 1. The summed E-state index contributed by atoms with van der Waals surface area (Å²) in [5.74, 6) is 0.216. The standard InChI is InChI=1S/C14H17ClN2O4/c15-12-6-9(4-5-13(12)17(20)21)14(19)16-7-10-2-1-3-11(10)8-18/h4-6,10-11,18H,1-3,7-8H2,(H,16,19). The van der Waals surface area contributed by atoms with E-state index in [0.717, 1.165) is 19.3 Å². The number of carbonyl (C=O) groups excluding carboxylic acids is 1. The summed E-state index contributed by atoms with van der Waals surface area (Å²) in [4.78, 5) is 22.1. The lowest BCUT2D eigenvalue weighted by molar-refractivity contribution is -0.384. The predicted molar refractivity (Wildman–Crippen MR) is 78.4 cm³/mol. The van der Waals surface area contributed by atoms with Crippen molar-refractivity contribution in [3.05, 3.63) is 38.9 Å². The minimum Gasteiger partial charge on any atom is -0.396 e. The van der Waals surface area contributed by atoms with Crippen molar-refractivity contribution in [2.24, 2.45) is 11.8 Å². The number of aliphatic hydroxyl groups is 1. The molecule has 0 bridgehead atoms. The summed E-state index contributed by atoms with van der Waals surface area (Å²) in [6, 6.07) is 3.91. The first-order valence-electron chi connectivity index (χ1n) is 6.86. The normalized spacial score (nSPS) is 21.2. The smallest absolute Gasteiger partial charge is 0.287 e. The quantitative estimate of drug-likeness (QED) is 0.645. The van der Waals surface area contributed by atoms with Gasteiger partial charge in [-0.25, -0.2) is 0 Å². The second-order valence-electron chi connectivity index (χ2n) is 5.27. The van der Waals surface area contributed by atoms with Gasteiger partial charge in [-0.05, 0) is 36.8 Å². The maximum Gasteiger partial charge on any atom is 0.287 e. The van der Waals surface area contributed by atoms with Crippen LogP contribution in [0.1, 0.15) is 29.6 Å². The van der Waals surface area contributed by atoms with Gasteiger partial charge in [-0.3, -0.25) is 14.9 Å². The number of aliphatic hydroxyl groups excluding tert-OH is 1. The van der Waals surface area contributed by atoms with Crippen molar-refractivity contribution >= 4 is 23.2 Å². The van der Waals surface area contributed by atoms with Gasteiger partial charge < -0.3 is 10.4 Å². The Labute approximate surface area is 127 Å². The van der Waals surface area contributed by atoms with E-state index in [0.29, 0.717) is 12.1 Å². The molecule has 2 N–H and O–H groups in total. The second-order valence-corrected chi connectivity index (χ2v) is 5.67. The summed E-state index contributed by atoms with van der Waals surface area (Å²) in [6.45, 7) is 0.641. The first kappa shape index (κ1) is 15.7. The fraction of sp³-hybridized carbons (Fsp3) is 0.500. The van der Waals surface area contributed by atoms with Crippen molar-refractivity contribution in [2.75, 3.05) is 13.2 Å². The van der Waals surface area contributed by atoms with Gasteiger partial charge in [0.2, 0.25) is 0 Å². The van der Waals surface area contributed by atoms with E-state index in [4.69, 9.17) is 11.6 Å².